The van der Waals surface area contributed by atoms with Crippen LogP contribution >= 0.6 is 0 Å². The van der Waals surface area contributed by atoms with Crippen molar-refractivity contribution in [2.45, 2.75) is 26.0 Å². The van der Waals surface area contributed by atoms with Crippen LogP contribution in [0.3, 0.4) is 0 Å². The van der Waals surface area contributed by atoms with Crippen molar-refractivity contribution in [1.29, 1.82) is 0 Å². The van der Waals surface area contributed by atoms with E-state index in [2.05, 4.69) is 10.3 Å². The number of nitrogens with one attached hydrogen (secondary N) is 1. The van der Waals surface area contributed by atoms with Crippen LogP contribution in [0.1, 0.15) is 34.6 Å². The summed E-state index contributed by atoms with van der Waals surface area (Å²) in [4.78, 5) is 33.5. The molecule has 0 fully saturated rings. The molecule has 2 N–H and O–H groups in total. The summed E-state index contributed by atoms with van der Waals surface area (Å²) in [5, 5.41) is 12.5. The molecular weight excluding hydrogens is 396 g/mol. The number of aromatic nitrogens is 1. The number of likely N-dealkylation sites (N-methyl/N-ethyl adjacent to an activating group) is 1. The molecule has 0 saturated carbocycles. The molecule has 0 radical (unpaired) electrons. The van der Waals surface area contributed by atoms with Gasteiger partial charge in [0, 0.05) is 42.7 Å². The number of benzene rings is 1. The molecule has 8 nitrogen and oxygen atoms in total. The largest absolute Gasteiger partial charge is 0.488 e. The highest BCUT2D eigenvalue weighted by molar-refractivity contribution is 6.05. The number of aliphatic hydroxyl groups excluding tert-OH is 1. The molecule has 2 heterocycles. The summed E-state index contributed by atoms with van der Waals surface area (Å²) in [5.74, 6) is 0.0213. The number of aliphatic hydroxyl groups is 1. The number of amides is 2. The fourth-order valence-corrected chi connectivity index (χ4v) is 3.58. The van der Waals surface area contributed by atoms with Gasteiger partial charge in [0.05, 0.1) is 18.2 Å². The molecule has 1 aromatic heterocycles. The predicted octanol–water partition coefficient (Wildman–Crippen LogP) is 2.12. The van der Waals surface area contributed by atoms with Crippen molar-refractivity contribution in [3.8, 4) is 5.75 Å². The van der Waals surface area contributed by atoms with Gasteiger partial charge < -0.3 is 25.0 Å². The average molecular weight is 427 g/mol. The second-order valence-corrected chi connectivity index (χ2v) is 8.29. The molecule has 3 atom stereocenters. The van der Waals surface area contributed by atoms with Gasteiger partial charge in [-0.15, -0.1) is 0 Å². The van der Waals surface area contributed by atoms with Gasteiger partial charge >= 0.3 is 0 Å². The molecule has 0 aliphatic carbocycles. The monoisotopic (exact) mass is 426 g/mol. The lowest BCUT2D eigenvalue weighted by molar-refractivity contribution is 0.0363. The number of anilines is 1. The zero-order valence-corrected chi connectivity index (χ0v) is 18.4. The van der Waals surface area contributed by atoms with E-state index in [4.69, 9.17) is 4.74 Å². The minimum atomic E-state index is -0.337. The van der Waals surface area contributed by atoms with E-state index in [1.807, 2.05) is 32.8 Å². The molecule has 0 spiro atoms. The zero-order chi connectivity index (χ0) is 22.5. The van der Waals surface area contributed by atoms with Crippen LogP contribution in [0.5, 0.6) is 5.75 Å². The van der Waals surface area contributed by atoms with Crippen molar-refractivity contribution < 1.29 is 19.4 Å². The van der Waals surface area contributed by atoms with E-state index in [1.165, 1.54) is 0 Å². The fraction of sp³-hybridized carbons (Fsp3) is 0.435. The Labute approximate surface area is 182 Å². The molecular formula is C23H30N4O4. The van der Waals surface area contributed by atoms with Gasteiger partial charge in [0.15, 0.2) is 0 Å². The van der Waals surface area contributed by atoms with Gasteiger partial charge in [0.1, 0.15) is 11.9 Å². The quantitative estimate of drug-likeness (QED) is 0.735. The standard InChI is InChI=1S/C23H30N4O4/c1-15-12-27(16(2)14-28)23(30)19-11-18(25-22(29)17-7-9-24-10-8-17)5-6-20(19)31-21(15)13-26(3)4/h5-11,15-16,21,28H,12-14H2,1-4H3,(H,25,29)/t15-,16+,21-/m1/s1. The molecule has 166 valence electrons. The summed E-state index contributed by atoms with van der Waals surface area (Å²) < 4.78 is 6.26. The molecule has 2 aromatic rings. The van der Waals surface area contributed by atoms with Crippen LogP contribution in [-0.2, 0) is 0 Å². The molecule has 0 unspecified atom stereocenters. The van der Waals surface area contributed by atoms with Gasteiger partial charge in [-0.2, -0.15) is 0 Å². The highest BCUT2D eigenvalue weighted by Gasteiger charge is 2.33. The number of carbonyl (C=O) groups excluding carboxylic acids is 2. The number of carbonyl (C=O) groups is 2. The maximum atomic E-state index is 13.4. The first-order valence-corrected chi connectivity index (χ1v) is 10.4. The second kappa shape index (κ2) is 9.89. The molecule has 31 heavy (non-hydrogen) atoms. The minimum Gasteiger partial charge on any atom is -0.488 e. The Bertz CT molecular complexity index is 919. The third kappa shape index (κ3) is 5.39. The maximum absolute atomic E-state index is 13.4. The topological polar surface area (TPSA) is 95.0 Å². The normalized spacial score (nSPS) is 19.8. The highest BCUT2D eigenvalue weighted by atomic mass is 16.5. The van der Waals surface area contributed by atoms with Gasteiger partial charge in [-0.1, -0.05) is 6.92 Å². The van der Waals surface area contributed by atoms with E-state index < -0.39 is 0 Å². The summed E-state index contributed by atoms with van der Waals surface area (Å²) in [5.41, 5.74) is 1.33. The van der Waals surface area contributed by atoms with E-state index in [0.29, 0.717) is 35.7 Å². The molecule has 2 amide bonds. The highest BCUT2D eigenvalue weighted by Crippen LogP contribution is 2.30. The average Bonchev–Trinajstić information content (AvgIpc) is 2.76. The Balaban J connectivity index is 1.95. The third-order valence-electron chi connectivity index (χ3n) is 5.41. The lowest BCUT2D eigenvalue weighted by Gasteiger charge is -2.37. The Morgan fingerprint density at radius 3 is 2.68 bits per heavy atom. The smallest absolute Gasteiger partial charge is 0.258 e. The van der Waals surface area contributed by atoms with Gasteiger partial charge in [-0.25, -0.2) is 0 Å². The van der Waals surface area contributed by atoms with Crippen LogP contribution in [0.25, 0.3) is 0 Å². The number of ether oxygens (including phenoxy) is 1. The zero-order valence-electron chi connectivity index (χ0n) is 18.4. The first kappa shape index (κ1) is 22.7. The number of fused-ring (bicyclic) bond motifs is 1. The lowest BCUT2D eigenvalue weighted by Crippen LogP contribution is -2.49. The number of hydrogen-bond acceptors (Lipinski definition) is 6. The van der Waals surface area contributed by atoms with E-state index in [0.717, 1.165) is 0 Å². The number of hydrogen-bond donors (Lipinski definition) is 2. The third-order valence-corrected chi connectivity index (χ3v) is 5.41. The van der Waals surface area contributed by atoms with Crippen LogP contribution in [0.15, 0.2) is 42.7 Å². The molecule has 3 rings (SSSR count). The lowest BCUT2D eigenvalue weighted by atomic mass is 9.99. The SMILES string of the molecule is C[C@@H]1CN([C@@H](C)CO)C(=O)c2cc(NC(=O)c3ccncc3)ccc2O[C@@H]1CN(C)C. The molecule has 1 aromatic carbocycles. The Morgan fingerprint density at radius 1 is 1.32 bits per heavy atom. The number of rotatable bonds is 6. The van der Waals surface area contributed by atoms with E-state index in [9.17, 15) is 14.7 Å². The summed E-state index contributed by atoms with van der Waals surface area (Å²) in [6, 6.07) is 7.99. The van der Waals surface area contributed by atoms with Crippen LogP contribution in [-0.4, -0.2) is 77.6 Å². The molecule has 1 aliphatic heterocycles. The number of nitrogens with zero attached hydrogens (tertiary/aromatic N) is 3. The Hall–Kier alpha value is -2.97. The molecule has 8 heteroatoms. The van der Waals surface area contributed by atoms with E-state index in [1.54, 1.807) is 47.6 Å². The second-order valence-electron chi connectivity index (χ2n) is 8.29. The summed E-state index contributed by atoms with van der Waals surface area (Å²) in [6.45, 7) is 4.89. The minimum absolute atomic E-state index is 0.0690. The predicted molar refractivity (Wildman–Crippen MR) is 118 cm³/mol. The number of pyridine rings is 1. The van der Waals surface area contributed by atoms with E-state index >= 15 is 0 Å². The van der Waals surface area contributed by atoms with Gasteiger partial charge in [-0.05, 0) is 51.4 Å². The van der Waals surface area contributed by atoms with Gasteiger partial charge in [0.25, 0.3) is 11.8 Å². The van der Waals surface area contributed by atoms with Crippen molar-refractivity contribution in [1.82, 2.24) is 14.8 Å². The summed E-state index contributed by atoms with van der Waals surface area (Å²) in [6.07, 6.45) is 2.97. The molecule has 0 bridgehead atoms. The first-order valence-electron chi connectivity index (χ1n) is 10.4. The van der Waals surface area contributed by atoms with Crippen molar-refractivity contribution in [2.24, 2.45) is 5.92 Å². The van der Waals surface area contributed by atoms with E-state index in [-0.39, 0.29) is 36.5 Å². The van der Waals surface area contributed by atoms with Gasteiger partial charge in [0.2, 0.25) is 0 Å². The van der Waals surface area contributed by atoms with Crippen LogP contribution in [0, 0.1) is 5.92 Å². The summed E-state index contributed by atoms with van der Waals surface area (Å²) >= 11 is 0. The van der Waals surface area contributed by atoms with Crippen LogP contribution in [0.4, 0.5) is 5.69 Å². The maximum Gasteiger partial charge on any atom is 0.258 e. The van der Waals surface area contributed by atoms with Crippen molar-refractivity contribution >= 4 is 17.5 Å². The molecule has 1 aliphatic rings. The first-order chi connectivity index (χ1) is 14.8. The van der Waals surface area contributed by atoms with Crippen molar-refractivity contribution in [2.75, 3.05) is 39.1 Å². The van der Waals surface area contributed by atoms with Crippen LogP contribution < -0.4 is 10.1 Å². The van der Waals surface area contributed by atoms with Crippen LogP contribution in [0.2, 0.25) is 0 Å². The van der Waals surface area contributed by atoms with Crippen molar-refractivity contribution in [3.63, 3.8) is 0 Å². The van der Waals surface area contributed by atoms with Crippen molar-refractivity contribution in [3.05, 3.63) is 53.9 Å². The summed E-state index contributed by atoms with van der Waals surface area (Å²) in [7, 11) is 3.96. The Kier molecular flexibility index (Phi) is 7.25. The molecule has 0 saturated heterocycles. The fourth-order valence-electron chi connectivity index (χ4n) is 3.58. The van der Waals surface area contributed by atoms with Gasteiger partial charge in [-0.3, -0.25) is 14.6 Å². The Morgan fingerprint density at radius 2 is 2.03 bits per heavy atom.